The third-order valence-electron chi connectivity index (χ3n) is 7.58. The number of amides is 2. The van der Waals surface area contributed by atoms with Gasteiger partial charge in [-0.15, -0.1) is 0 Å². The molecule has 212 valence electrons. The lowest BCUT2D eigenvalue weighted by molar-refractivity contribution is -0.134. The predicted molar refractivity (Wildman–Crippen MR) is 151 cm³/mol. The summed E-state index contributed by atoms with van der Waals surface area (Å²) in [5.74, 6) is -0.0404. The van der Waals surface area contributed by atoms with Crippen molar-refractivity contribution in [1.82, 2.24) is 15.1 Å². The minimum absolute atomic E-state index is 0.0930. The van der Waals surface area contributed by atoms with Gasteiger partial charge in [0.1, 0.15) is 0 Å². The van der Waals surface area contributed by atoms with Gasteiger partial charge in [0, 0.05) is 31.7 Å². The fourth-order valence-corrected chi connectivity index (χ4v) is 6.90. The van der Waals surface area contributed by atoms with Gasteiger partial charge in [0.05, 0.1) is 29.4 Å². The summed E-state index contributed by atoms with van der Waals surface area (Å²) in [5.41, 5.74) is 1.38. The number of ether oxygens (including phenoxy) is 1. The van der Waals surface area contributed by atoms with E-state index in [1.54, 1.807) is 29.0 Å². The molecule has 1 saturated heterocycles. The van der Waals surface area contributed by atoms with Crippen molar-refractivity contribution in [3.8, 4) is 0 Å². The maximum atomic E-state index is 14.0. The molecular weight excluding hydrogens is 514 g/mol. The van der Waals surface area contributed by atoms with Gasteiger partial charge in [0.15, 0.2) is 9.84 Å². The molecule has 0 radical (unpaired) electrons. The largest absolute Gasteiger partial charge is 0.372 e. The van der Waals surface area contributed by atoms with Crippen molar-refractivity contribution in [1.29, 1.82) is 0 Å². The first-order valence-corrected chi connectivity index (χ1v) is 15.6. The number of carbonyl (C=O) groups is 2. The second-order valence-electron chi connectivity index (χ2n) is 11.2. The van der Waals surface area contributed by atoms with Gasteiger partial charge >= 0.3 is 0 Å². The number of nitrogens with zero attached hydrogens (tertiary/aromatic N) is 2. The molecule has 39 heavy (non-hydrogen) atoms. The predicted octanol–water partition coefficient (Wildman–Crippen LogP) is 3.52. The van der Waals surface area contributed by atoms with E-state index in [2.05, 4.69) is 19.2 Å². The van der Waals surface area contributed by atoms with Crippen molar-refractivity contribution in [3.63, 3.8) is 0 Å². The third kappa shape index (κ3) is 7.68. The Kier molecular flexibility index (Phi) is 9.80. The van der Waals surface area contributed by atoms with Gasteiger partial charge in [-0.3, -0.25) is 9.59 Å². The quantitative estimate of drug-likeness (QED) is 0.562. The maximum absolute atomic E-state index is 14.0. The Labute approximate surface area is 232 Å². The number of fused-ring (bicyclic) bond motifs is 3. The molecule has 0 unspecified atom stereocenters. The lowest BCUT2D eigenvalue weighted by atomic mass is 10.1. The molecule has 4 rings (SSSR count). The molecule has 0 spiro atoms. The molecule has 2 aromatic carbocycles. The summed E-state index contributed by atoms with van der Waals surface area (Å²) < 4.78 is 33.3. The van der Waals surface area contributed by atoms with Gasteiger partial charge in [-0.05, 0) is 61.9 Å². The standard InChI is InChI=1S/C30H41N3O5S/c1-22(2)14-15-31-28-13-8-16-32(3)29(34)24-11-7-12-27(17-24)39(36,37)21-25-18-26(19-33(25)30(28)35)38-20-23-9-5-4-6-10-23/h4-7,9-12,17,22,25-26,28,31H,8,13-16,18-21H2,1-3H3/t25-,26-,28-/m0/s1. The summed E-state index contributed by atoms with van der Waals surface area (Å²) in [6.07, 6.45) is 2.31. The molecule has 2 bridgehead atoms. The highest BCUT2D eigenvalue weighted by Gasteiger charge is 2.41. The fraction of sp³-hybridized carbons (Fsp3) is 0.533. The van der Waals surface area contributed by atoms with Crippen LogP contribution in [-0.4, -0.2) is 80.7 Å². The van der Waals surface area contributed by atoms with Gasteiger partial charge in [0.25, 0.3) is 5.91 Å². The van der Waals surface area contributed by atoms with Gasteiger partial charge in [-0.1, -0.05) is 50.2 Å². The van der Waals surface area contributed by atoms with Crippen LogP contribution < -0.4 is 5.32 Å². The van der Waals surface area contributed by atoms with Crippen LogP contribution in [0.3, 0.4) is 0 Å². The number of hydrogen-bond donors (Lipinski definition) is 1. The van der Waals surface area contributed by atoms with Crippen molar-refractivity contribution in [3.05, 3.63) is 65.7 Å². The van der Waals surface area contributed by atoms with Crippen LogP contribution in [0.2, 0.25) is 0 Å². The molecule has 1 N–H and O–H groups in total. The zero-order valence-electron chi connectivity index (χ0n) is 23.2. The smallest absolute Gasteiger partial charge is 0.253 e. The SMILES string of the molecule is CC(C)CCN[C@H]1CCCN(C)C(=O)c2cccc(c2)S(=O)(=O)C[C@@H]2C[C@H](OCc3ccccc3)CN2C1=O. The molecule has 1 fully saturated rings. The average molecular weight is 556 g/mol. The first-order valence-electron chi connectivity index (χ1n) is 13.9. The normalized spacial score (nSPS) is 24.1. The van der Waals surface area contributed by atoms with Crippen LogP contribution in [0.15, 0.2) is 59.5 Å². The second-order valence-corrected chi connectivity index (χ2v) is 13.2. The first-order chi connectivity index (χ1) is 18.6. The molecule has 2 aromatic rings. The van der Waals surface area contributed by atoms with E-state index in [0.29, 0.717) is 57.0 Å². The zero-order valence-corrected chi connectivity index (χ0v) is 24.0. The lowest BCUT2D eigenvalue weighted by Gasteiger charge is -2.30. The number of sulfone groups is 1. The molecule has 8 nitrogen and oxygen atoms in total. The molecular formula is C30H41N3O5S. The first kappa shape index (κ1) is 29.2. The third-order valence-corrected chi connectivity index (χ3v) is 9.38. The molecule has 2 amide bonds. The van der Waals surface area contributed by atoms with E-state index in [0.717, 1.165) is 12.0 Å². The Morgan fingerprint density at radius 2 is 1.85 bits per heavy atom. The Morgan fingerprint density at radius 1 is 1.08 bits per heavy atom. The summed E-state index contributed by atoms with van der Waals surface area (Å²) in [7, 11) is -2.05. The summed E-state index contributed by atoms with van der Waals surface area (Å²) in [4.78, 5) is 30.4. The van der Waals surface area contributed by atoms with Gasteiger partial charge in [-0.25, -0.2) is 8.42 Å². The van der Waals surface area contributed by atoms with Gasteiger partial charge in [0.2, 0.25) is 5.91 Å². The highest BCUT2D eigenvalue weighted by Crippen LogP contribution is 2.27. The lowest BCUT2D eigenvalue weighted by Crippen LogP contribution is -2.50. The Hall–Kier alpha value is -2.75. The average Bonchev–Trinajstić information content (AvgIpc) is 3.32. The van der Waals surface area contributed by atoms with E-state index in [9.17, 15) is 18.0 Å². The topological polar surface area (TPSA) is 96.0 Å². The maximum Gasteiger partial charge on any atom is 0.253 e. The van der Waals surface area contributed by atoms with E-state index in [1.165, 1.54) is 12.1 Å². The summed E-state index contributed by atoms with van der Waals surface area (Å²) in [6, 6.07) is 15.1. The van der Waals surface area contributed by atoms with E-state index >= 15 is 0 Å². The monoisotopic (exact) mass is 555 g/mol. The number of nitrogens with one attached hydrogen (secondary N) is 1. The highest BCUT2D eigenvalue weighted by atomic mass is 32.2. The molecule has 0 saturated carbocycles. The van der Waals surface area contributed by atoms with Crippen molar-refractivity contribution in [2.45, 2.75) is 69.2 Å². The van der Waals surface area contributed by atoms with E-state index in [-0.39, 0.29) is 28.6 Å². The van der Waals surface area contributed by atoms with E-state index in [1.807, 2.05) is 30.3 Å². The van der Waals surface area contributed by atoms with Crippen LogP contribution in [0.4, 0.5) is 0 Å². The number of rotatable bonds is 7. The minimum atomic E-state index is -3.77. The van der Waals surface area contributed by atoms with E-state index < -0.39 is 21.9 Å². The van der Waals surface area contributed by atoms with Crippen LogP contribution in [0, 0.1) is 5.92 Å². The van der Waals surface area contributed by atoms with Gasteiger partial charge < -0.3 is 19.9 Å². The van der Waals surface area contributed by atoms with Crippen molar-refractivity contribution in [2.24, 2.45) is 5.92 Å². The minimum Gasteiger partial charge on any atom is -0.372 e. The van der Waals surface area contributed by atoms with Crippen LogP contribution in [0.25, 0.3) is 0 Å². The van der Waals surface area contributed by atoms with Crippen molar-refractivity contribution < 1.29 is 22.7 Å². The highest BCUT2D eigenvalue weighted by molar-refractivity contribution is 7.91. The molecule has 9 heteroatoms. The van der Waals surface area contributed by atoms with Gasteiger partial charge in [-0.2, -0.15) is 0 Å². The summed E-state index contributed by atoms with van der Waals surface area (Å²) in [6.45, 7) is 6.20. The molecule has 2 aliphatic rings. The summed E-state index contributed by atoms with van der Waals surface area (Å²) >= 11 is 0. The summed E-state index contributed by atoms with van der Waals surface area (Å²) in [5, 5.41) is 3.44. The molecule has 2 aliphatic heterocycles. The molecule has 0 aromatic heterocycles. The number of benzene rings is 2. The van der Waals surface area contributed by atoms with Crippen molar-refractivity contribution in [2.75, 3.05) is 32.4 Å². The fourth-order valence-electron chi connectivity index (χ4n) is 5.30. The van der Waals surface area contributed by atoms with Crippen LogP contribution >= 0.6 is 0 Å². The van der Waals surface area contributed by atoms with E-state index in [4.69, 9.17) is 4.74 Å². The Balaban J connectivity index is 1.62. The molecule has 3 atom stereocenters. The van der Waals surface area contributed by atoms with Crippen LogP contribution in [0.5, 0.6) is 0 Å². The molecule has 0 aliphatic carbocycles. The second kappa shape index (κ2) is 13.1. The zero-order chi connectivity index (χ0) is 28.0. The number of carbonyl (C=O) groups excluding carboxylic acids is 2. The van der Waals surface area contributed by atoms with Crippen LogP contribution in [0.1, 0.15) is 55.5 Å². The number of hydrogen-bond acceptors (Lipinski definition) is 6. The molecule has 2 heterocycles. The Morgan fingerprint density at radius 3 is 2.59 bits per heavy atom. The van der Waals surface area contributed by atoms with Crippen molar-refractivity contribution >= 4 is 21.7 Å². The van der Waals surface area contributed by atoms with Crippen LogP contribution in [-0.2, 0) is 26.0 Å². The Bertz CT molecular complexity index is 1230.